The molecule has 3 rings (SSSR count). The number of hydrogen-bond donors (Lipinski definition) is 1. The first-order valence-electron chi connectivity index (χ1n) is 8.00. The molecule has 1 saturated heterocycles. The molecule has 1 fully saturated rings. The van der Waals surface area contributed by atoms with Crippen LogP contribution in [0.25, 0.3) is 0 Å². The van der Waals surface area contributed by atoms with Crippen LogP contribution >= 0.6 is 0 Å². The molecule has 1 N–H and O–H groups in total. The van der Waals surface area contributed by atoms with E-state index in [4.69, 9.17) is 4.74 Å². The lowest BCUT2D eigenvalue weighted by atomic mass is 10.1. The van der Waals surface area contributed by atoms with Gasteiger partial charge in [0, 0.05) is 45.5 Å². The molecule has 23 heavy (non-hydrogen) atoms. The first kappa shape index (κ1) is 15.6. The number of nitrogens with zero attached hydrogens (tertiary/aromatic N) is 2. The lowest BCUT2D eigenvalue weighted by Crippen LogP contribution is -2.50. The van der Waals surface area contributed by atoms with E-state index in [-0.39, 0.29) is 12.1 Å². The van der Waals surface area contributed by atoms with Gasteiger partial charge in [0.1, 0.15) is 0 Å². The summed E-state index contributed by atoms with van der Waals surface area (Å²) in [4.78, 5) is 14.2. The van der Waals surface area contributed by atoms with Gasteiger partial charge in [0.25, 0.3) is 0 Å². The minimum absolute atomic E-state index is 0.0183. The molecule has 1 unspecified atom stereocenters. The third-order valence-electron chi connectivity index (χ3n) is 4.07. The molecule has 1 atom stereocenters. The lowest BCUT2D eigenvalue weighted by Gasteiger charge is -2.33. The molecule has 2 heterocycles. The molecular formula is C18H23N3O2. The Bertz CT molecular complexity index is 639. The summed E-state index contributed by atoms with van der Waals surface area (Å²) in [6.07, 6.45) is 4.89. The molecule has 122 valence electrons. The zero-order chi connectivity index (χ0) is 16.1. The number of aromatic nitrogens is 1. The molecule has 1 aliphatic heterocycles. The number of carbonyl (C=O) groups is 1. The van der Waals surface area contributed by atoms with E-state index < -0.39 is 0 Å². The highest BCUT2D eigenvalue weighted by atomic mass is 16.5. The van der Waals surface area contributed by atoms with Gasteiger partial charge in [0.2, 0.25) is 0 Å². The minimum Gasteiger partial charge on any atom is -0.374 e. The number of rotatable bonds is 4. The second-order valence-electron chi connectivity index (χ2n) is 5.97. The highest BCUT2D eigenvalue weighted by Crippen LogP contribution is 2.12. The number of carbonyl (C=O) groups excluding carboxylic acids is 1. The van der Waals surface area contributed by atoms with Gasteiger partial charge in [-0.3, -0.25) is 0 Å². The lowest BCUT2D eigenvalue weighted by molar-refractivity contribution is -0.0133. The van der Waals surface area contributed by atoms with E-state index in [0.29, 0.717) is 26.2 Å². The summed E-state index contributed by atoms with van der Waals surface area (Å²) < 4.78 is 7.78. The summed E-state index contributed by atoms with van der Waals surface area (Å²) >= 11 is 0. The molecule has 0 radical (unpaired) electrons. The van der Waals surface area contributed by atoms with Crippen LogP contribution in [0.3, 0.4) is 0 Å². The van der Waals surface area contributed by atoms with Crippen LogP contribution < -0.4 is 5.32 Å². The number of hydrogen-bond acceptors (Lipinski definition) is 2. The molecule has 5 heteroatoms. The number of ether oxygens (including phenoxy) is 1. The Hall–Kier alpha value is -2.27. The van der Waals surface area contributed by atoms with Gasteiger partial charge in [-0.25, -0.2) is 4.79 Å². The van der Waals surface area contributed by atoms with Crippen LogP contribution in [0, 0.1) is 0 Å². The molecule has 2 amide bonds. The van der Waals surface area contributed by atoms with Crippen molar-refractivity contribution in [3.63, 3.8) is 0 Å². The van der Waals surface area contributed by atoms with Crippen molar-refractivity contribution >= 4 is 6.03 Å². The molecule has 1 aliphatic rings. The summed E-state index contributed by atoms with van der Waals surface area (Å²) in [6, 6.07) is 12.3. The van der Waals surface area contributed by atoms with E-state index >= 15 is 0 Å². The topological polar surface area (TPSA) is 46.5 Å². The molecule has 0 spiro atoms. The van der Waals surface area contributed by atoms with Crippen LogP contribution in [-0.2, 0) is 24.8 Å². The average Bonchev–Trinajstić information content (AvgIpc) is 2.99. The molecule has 2 aromatic rings. The molecule has 0 saturated carbocycles. The third kappa shape index (κ3) is 4.36. The number of nitrogens with one attached hydrogen (secondary N) is 1. The van der Waals surface area contributed by atoms with Crippen molar-refractivity contribution in [2.24, 2.45) is 7.05 Å². The van der Waals surface area contributed by atoms with Crippen molar-refractivity contribution in [3.05, 3.63) is 59.9 Å². The van der Waals surface area contributed by atoms with Gasteiger partial charge < -0.3 is 19.5 Å². The first-order valence-corrected chi connectivity index (χ1v) is 8.00. The standard InChI is InChI=1S/C18H23N3O2/c1-20-8-7-16(13-20)12-19-18(22)21-9-10-23-17(14-21)11-15-5-3-2-4-6-15/h2-8,13,17H,9-12,14H2,1H3,(H,19,22). The number of aryl methyl sites for hydroxylation is 1. The molecule has 1 aromatic carbocycles. The van der Waals surface area contributed by atoms with Crippen molar-refractivity contribution in [3.8, 4) is 0 Å². The molecule has 5 nitrogen and oxygen atoms in total. The molecule has 0 aliphatic carbocycles. The Labute approximate surface area is 136 Å². The van der Waals surface area contributed by atoms with Crippen molar-refractivity contribution in [1.29, 1.82) is 0 Å². The average molecular weight is 313 g/mol. The zero-order valence-corrected chi connectivity index (χ0v) is 13.4. The minimum atomic E-state index is -0.0183. The molecular weight excluding hydrogens is 290 g/mol. The SMILES string of the molecule is Cn1ccc(CNC(=O)N2CCOC(Cc3ccccc3)C2)c1. The van der Waals surface area contributed by atoms with Gasteiger partial charge in [0.15, 0.2) is 0 Å². The summed E-state index contributed by atoms with van der Waals surface area (Å²) in [5.74, 6) is 0. The quantitative estimate of drug-likeness (QED) is 0.940. The van der Waals surface area contributed by atoms with E-state index in [1.165, 1.54) is 5.56 Å². The van der Waals surface area contributed by atoms with Gasteiger partial charge >= 0.3 is 6.03 Å². The number of amides is 2. The Kier molecular flexibility index (Phi) is 4.98. The summed E-state index contributed by atoms with van der Waals surface area (Å²) in [7, 11) is 1.97. The van der Waals surface area contributed by atoms with Crippen molar-refractivity contribution in [2.75, 3.05) is 19.7 Å². The van der Waals surface area contributed by atoms with E-state index in [1.807, 2.05) is 53.2 Å². The van der Waals surface area contributed by atoms with E-state index in [9.17, 15) is 4.79 Å². The fraction of sp³-hybridized carbons (Fsp3) is 0.389. The molecule has 0 bridgehead atoms. The smallest absolute Gasteiger partial charge is 0.317 e. The largest absolute Gasteiger partial charge is 0.374 e. The Morgan fingerprint density at radius 1 is 1.26 bits per heavy atom. The predicted octanol–water partition coefficient (Wildman–Crippen LogP) is 2.18. The first-order chi connectivity index (χ1) is 11.2. The van der Waals surface area contributed by atoms with Crippen LogP contribution in [0.5, 0.6) is 0 Å². The normalized spacial score (nSPS) is 18.0. The van der Waals surface area contributed by atoms with E-state index in [0.717, 1.165) is 12.0 Å². The summed E-state index contributed by atoms with van der Waals surface area (Å²) in [6.45, 7) is 2.43. The Balaban J connectivity index is 1.50. The third-order valence-corrected chi connectivity index (χ3v) is 4.07. The number of benzene rings is 1. The van der Waals surface area contributed by atoms with Crippen LogP contribution in [0.2, 0.25) is 0 Å². The predicted molar refractivity (Wildman–Crippen MR) is 89.1 cm³/mol. The van der Waals surface area contributed by atoms with E-state index in [2.05, 4.69) is 17.4 Å². The van der Waals surface area contributed by atoms with E-state index in [1.54, 1.807) is 0 Å². The van der Waals surface area contributed by atoms with Gasteiger partial charge in [0.05, 0.1) is 12.7 Å². The number of morpholine rings is 1. The zero-order valence-electron chi connectivity index (χ0n) is 13.4. The monoisotopic (exact) mass is 313 g/mol. The van der Waals surface area contributed by atoms with Gasteiger partial charge in [-0.05, 0) is 17.2 Å². The molecule has 1 aromatic heterocycles. The van der Waals surface area contributed by atoms with Crippen molar-refractivity contribution in [1.82, 2.24) is 14.8 Å². The maximum Gasteiger partial charge on any atom is 0.317 e. The van der Waals surface area contributed by atoms with Gasteiger partial charge in [-0.2, -0.15) is 0 Å². The number of urea groups is 1. The van der Waals surface area contributed by atoms with Crippen molar-refractivity contribution < 1.29 is 9.53 Å². The fourth-order valence-corrected chi connectivity index (χ4v) is 2.86. The van der Waals surface area contributed by atoms with Crippen LogP contribution in [-0.4, -0.2) is 41.3 Å². The van der Waals surface area contributed by atoms with Crippen LogP contribution in [0.4, 0.5) is 4.79 Å². The summed E-state index contributed by atoms with van der Waals surface area (Å²) in [5, 5.41) is 2.98. The summed E-state index contributed by atoms with van der Waals surface area (Å²) in [5.41, 5.74) is 2.35. The fourth-order valence-electron chi connectivity index (χ4n) is 2.86. The van der Waals surface area contributed by atoms with Gasteiger partial charge in [-0.1, -0.05) is 30.3 Å². The highest BCUT2D eigenvalue weighted by molar-refractivity contribution is 5.74. The Morgan fingerprint density at radius 2 is 2.09 bits per heavy atom. The Morgan fingerprint density at radius 3 is 2.83 bits per heavy atom. The van der Waals surface area contributed by atoms with Crippen LogP contribution in [0.1, 0.15) is 11.1 Å². The maximum atomic E-state index is 12.3. The van der Waals surface area contributed by atoms with Gasteiger partial charge in [-0.15, -0.1) is 0 Å². The van der Waals surface area contributed by atoms with Crippen molar-refractivity contribution in [2.45, 2.75) is 19.1 Å². The highest BCUT2D eigenvalue weighted by Gasteiger charge is 2.24. The second-order valence-corrected chi connectivity index (χ2v) is 5.97. The van der Waals surface area contributed by atoms with Crippen LogP contribution in [0.15, 0.2) is 48.8 Å². The second kappa shape index (κ2) is 7.33. The maximum absolute atomic E-state index is 12.3.